The first-order valence-corrected chi connectivity index (χ1v) is 8.98. The maximum Gasteiger partial charge on any atom is 0.185 e. The third-order valence-electron chi connectivity index (χ3n) is 2.56. The van der Waals surface area contributed by atoms with Crippen LogP contribution in [0.1, 0.15) is 71.2 Å². The second kappa shape index (κ2) is 20.8. The molecule has 6 N–H and O–H groups in total. The number of carbonyl (C=O) groups is 2. The van der Waals surface area contributed by atoms with Gasteiger partial charge in [0.15, 0.2) is 11.7 Å². The molecular weight excluding hydrogens is 330 g/mol. The monoisotopic (exact) mass is 367 g/mol. The molecule has 1 heterocycles. The zero-order chi connectivity index (χ0) is 21.0. The predicted molar refractivity (Wildman–Crippen MR) is 110 cm³/mol. The van der Waals surface area contributed by atoms with Crippen LogP contribution >= 0.6 is 0 Å². The van der Waals surface area contributed by atoms with Crippen molar-refractivity contribution in [2.45, 2.75) is 66.8 Å². The van der Waals surface area contributed by atoms with Gasteiger partial charge in [0.1, 0.15) is 5.78 Å². The summed E-state index contributed by atoms with van der Waals surface area (Å²) in [5.41, 5.74) is 16.3. The first-order valence-electron chi connectivity index (χ1n) is 8.98. The first-order chi connectivity index (χ1) is 12.3. The van der Waals surface area contributed by atoms with E-state index in [1.54, 1.807) is 24.5 Å². The lowest BCUT2D eigenvalue weighted by Gasteiger charge is -2.04. The summed E-state index contributed by atoms with van der Waals surface area (Å²) in [7, 11) is 0. The van der Waals surface area contributed by atoms with Crippen molar-refractivity contribution in [1.29, 1.82) is 0 Å². The summed E-state index contributed by atoms with van der Waals surface area (Å²) in [5, 5.41) is 0. The molecule has 0 aliphatic rings. The van der Waals surface area contributed by atoms with Gasteiger partial charge < -0.3 is 17.2 Å². The average molecular weight is 368 g/mol. The number of nitrogens with two attached hydrogens (primary N) is 3. The minimum absolute atomic E-state index is 0.000278. The Kier molecular flexibility index (Phi) is 22.8. The molecule has 1 aromatic rings. The van der Waals surface area contributed by atoms with E-state index in [4.69, 9.17) is 17.2 Å². The van der Waals surface area contributed by atoms with Gasteiger partial charge in [0, 0.05) is 24.5 Å². The van der Waals surface area contributed by atoms with E-state index in [2.05, 4.69) is 23.8 Å². The van der Waals surface area contributed by atoms with Gasteiger partial charge in [0.2, 0.25) is 0 Å². The summed E-state index contributed by atoms with van der Waals surface area (Å²) in [5.74, 6) is 0.134. The summed E-state index contributed by atoms with van der Waals surface area (Å²) in [4.78, 5) is 28.8. The fourth-order valence-corrected chi connectivity index (χ4v) is 1.29. The molecule has 1 atom stereocenters. The van der Waals surface area contributed by atoms with Gasteiger partial charge in [-0.25, -0.2) is 0 Å². The molecule has 0 bridgehead atoms. The van der Waals surface area contributed by atoms with Crippen LogP contribution in [0.4, 0.5) is 0 Å². The lowest BCUT2D eigenvalue weighted by atomic mass is 10.1. The maximum absolute atomic E-state index is 10.7. The zero-order valence-corrected chi connectivity index (χ0v) is 17.2. The number of carbonyl (C=O) groups excluding carboxylic acids is 2. The summed E-state index contributed by atoms with van der Waals surface area (Å²) in [6, 6.07) is 3.12. The average Bonchev–Trinajstić information content (AvgIpc) is 2.62. The molecule has 0 unspecified atom stereocenters. The summed E-state index contributed by atoms with van der Waals surface area (Å²) in [6.45, 7) is 11.8. The van der Waals surface area contributed by atoms with Gasteiger partial charge in [-0.1, -0.05) is 34.1 Å². The van der Waals surface area contributed by atoms with Gasteiger partial charge in [0.25, 0.3) is 0 Å². The van der Waals surface area contributed by atoms with Gasteiger partial charge in [-0.3, -0.25) is 19.6 Å². The van der Waals surface area contributed by atoms with Gasteiger partial charge in [-0.15, -0.1) is 0 Å². The zero-order valence-electron chi connectivity index (χ0n) is 17.2. The summed E-state index contributed by atoms with van der Waals surface area (Å²) >= 11 is 0. The number of nitrogens with zero attached hydrogens (tertiary/aromatic N) is 2. The number of aliphatic imine (C=N–C) groups is 1. The molecule has 0 aliphatic carbocycles. The third-order valence-corrected chi connectivity index (χ3v) is 2.56. The Morgan fingerprint density at radius 1 is 1.19 bits per heavy atom. The van der Waals surface area contributed by atoms with E-state index in [9.17, 15) is 9.59 Å². The number of hydrogen-bond acceptors (Lipinski definition) is 5. The summed E-state index contributed by atoms with van der Waals surface area (Å²) in [6.07, 6.45) is 5.82. The normalized spacial score (nSPS) is 9.65. The highest BCUT2D eigenvalue weighted by atomic mass is 16.1. The Balaban J connectivity index is -0.000000332. The van der Waals surface area contributed by atoms with E-state index in [-0.39, 0.29) is 23.6 Å². The molecule has 0 saturated heterocycles. The lowest BCUT2D eigenvalue weighted by Crippen LogP contribution is -2.28. The second-order valence-corrected chi connectivity index (χ2v) is 5.17. The molecule has 150 valence electrons. The molecule has 7 nitrogen and oxygen atoms in total. The lowest BCUT2D eigenvalue weighted by molar-refractivity contribution is -0.118. The van der Waals surface area contributed by atoms with E-state index in [0.717, 1.165) is 6.42 Å². The van der Waals surface area contributed by atoms with Gasteiger partial charge in [0.05, 0.1) is 6.04 Å². The molecule has 7 heteroatoms. The van der Waals surface area contributed by atoms with Crippen LogP contribution in [0.15, 0.2) is 29.5 Å². The van der Waals surface area contributed by atoms with Gasteiger partial charge in [-0.2, -0.15) is 0 Å². The largest absolute Gasteiger partial charge is 0.370 e. The number of Topliss-reactive ketones (excluding diaryl/α,β-unsaturated/α-hetero) is 2. The van der Waals surface area contributed by atoms with Crippen LogP contribution in [0.25, 0.3) is 0 Å². The van der Waals surface area contributed by atoms with Gasteiger partial charge >= 0.3 is 0 Å². The van der Waals surface area contributed by atoms with Crippen molar-refractivity contribution in [2.75, 3.05) is 6.54 Å². The number of ketones is 2. The highest BCUT2D eigenvalue weighted by molar-refractivity contribution is 5.93. The molecule has 0 aromatic carbocycles. The molecule has 1 aromatic heterocycles. The minimum atomic E-state index is -0.376. The standard InChI is InChI=1S/C7H16N4O.C7H7NO.C3H8.C2H6/c1-5(12)6(8)3-2-4-11-7(9)10;1-6(9)7-3-2-4-8-5-7;1-3-2;1-2/h6H,2-4,8H2,1H3,(H4,9,10,11);2-5H,1H3;3H2,1-2H3;1-2H3/t6-;;;/m0.../s1. The molecule has 0 saturated carbocycles. The van der Waals surface area contributed by atoms with Crippen LogP contribution in [-0.4, -0.2) is 35.1 Å². The van der Waals surface area contributed by atoms with Crippen LogP contribution in [-0.2, 0) is 4.79 Å². The number of aromatic nitrogens is 1. The maximum atomic E-state index is 10.7. The number of guanidine groups is 1. The van der Waals surface area contributed by atoms with Crippen LogP contribution in [0, 0.1) is 0 Å². The predicted octanol–water partition coefficient (Wildman–Crippen LogP) is 2.68. The Bertz CT molecular complexity index is 486. The topological polar surface area (TPSA) is 137 Å². The summed E-state index contributed by atoms with van der Waals surface area (Å²) < 4.78 is 0. The fraction of sp³-hybridized carbons (Fsp3) is 0.579. The number of pyridine rings is 1. The molecule has 26 heavy (non-hydrogen) atoms. The van der Waals surface area contributed by atoms with Crippen LogP contribution < -0.4 is 17.2 Å². The molecule has 0 aliphatic heterocycles. The van der Waals surface area contributed by atoms with Crippen LogP contribution in [0.5, 0.6) is 0 Å². The van der Waals surface area contributed by atoms with Crippen molar-refractivity contribution >= 4 is 17.5 Å². The van der Waals surface area contributed by atoms with E-state index in [0.29, 0.717) is 18.5 Å². The first kappa shape index (κ1) is 28.5. The molecule has 0 amide bonds. The molecule has 0 spiro atoms. The SMILES string of the molecule is CC.CC(=O)[C@@H](N)CCCN=C(N)N.CC(=O)c1cccnc1.CCC. The Labute approximate surface area is 158 Å². The Morgan fingerprint density at radius 2 is 1.73 bits per heavy atom. The fourth-order valence-electron chi connectivity index (χ4n) is 1.29. The van der Waals surface area contributed by atoms with Gasteiger partial charge in [-0.05, 0) is 38.8 Å². The van der Waals surface area contributed by atoms with Crippen molar-refractivity contribution in [2.24, 2.45) is 22.2 Å². The molecule has 1 rings (SSSR count). The van der Waals surface area contributed by atoms with Crippen molar-refractivity contribution in [3.63, 3.8) is 0 Å². The van der Waals surface area contributed by atoms with E-state index in [1.807, 2.05) is 13.8 Å². The van der Waals surface area contributed by atoms with E-state index < -0.39 is 0 Å². The van der Waals surface area contributed by atoms with Crippen molar-refractivity contribution < 1.29 is 9.59 Å². The second-order valence-electron chi connectivity index (χ2n) is 5.17. The third kappa shape index (κ3) is 21.7. The minimum Gasteiger partial charge on any atom is -0.370 e. The molecule has 0 fully saturated rings. The highest BCUT2D eigenvalue weighted by Crippen LogP contribution is 1.95. The van der Waals surface area contributed by atoms with Crippen LogP contribution in [0.3, 0.4) is 0 Å². The van der Waals surface area contributed by atoms with Crippen LogP contribution in [0.2, 0.25) is 0 Å². The molecular formula is C19H37N5O2. The molecule has 0 radical (unpaired) electrons. The smallest absolute Gasteiger partial charge is 0.185 e. The Hall–Kier alpha value is -2.28. The quantitative estimate of drug-likeness (QED) is 0.306. The Morgan fingerprint density at radius 3 is 2.04 bits per heavy atom. The van der Waals surface area contributed by atoms with Crippen molar-refractivity contribution in [1.82, 2.24) is 4.98 Å². The van der Waals surface area contributed by atoms with E-state index >= 15 is 0 Å². The number of rotatable bonds is 6. The van der Waals surface area contributed by atoms with E-state index in [1.165, 1.54) is 20.3 Å². The highest BCUT2D eigenvalue weighted by Gasteiger charge is 2.06. The number of hydrogen-bond donors (Lipinski definition) is 3. The van der Waals surface area contributed by atoms with Crippen molar-refractivity contribution in [3.05, 3.63) is 30.1 Å². The van der Waals surface area contributed by atoms with Crippen molar-refractivity contribution in [3.8, 4) is 0 Å².